The quantitative estimate of drug-likeness (QED) is 0.772. The van der Waals surface area contributed by atoms with Gasteiger partial charge in [0.25, 0.3) is 0 Å². The summed E-state index contributed by atoms with van der Waals surface area (Å²) in [6.07, 6.45) is 3.35. The van der Waals surface area contributed by atoms with Gasteiger partial charge in [-0.05, 0) is 24.3 Å². The zero-order valence-corrected chi connectivity index (χ0v) is 13.5. The van der Waals surface area contributed by atoms with Crippen molar-refractivity contribution < 1.29 is 14.3 Å². The van der Waals surface area contributed by atoms with E-state index < -0.39 is 5.97 Å². The molecule has 0 unspecified atom stereocenters. The molecule has 6 heteroatoms. The van der Waals surface area contributed by atoms with Crippen molar-refractivity contribution >= 4 is 5.97 Å². The van der Waals surface area contributed by atoms with Gasteiger partial charge in [0.1, 0.15) is 17.8 Å². The molecule has 0 aliphatic carbocycles. The lowest BCUT2D eigenvalue weighted by molar-refractivity contribution is 0.0697. The normalized spacial score (nSPS) is 15.0. The first-order chi connectivity index (χ1) is 12.2. The summed E-state index contributed by atoms with van der Waals surface area (Å²) in [4.78, 5) is 21.9. The third-order valence-electron chi connectivity index (χ3n) is 4.44. The molecule has 0 spiro atoms. The van der Waals surface area contributed by atoms with Crippen molar-refractivity contribution in [2.45, 2.75) is 12.5 Å². The van der Waals surface area contributed by atoms with Crippen LogP contribution < -0.4 is 0 Å². The van der Waals surface area contributed by atoms with Gasteiger partial charge in [-0.3, -0.25) is 4.90 Å². The van der Waals surface area contributed by atoms with Crippen molar-refractivity contribution in [1.29, 1.82) is 0 Å². The maximum absolute atomic E-state index is 11.3. The number of aromatic nitrogens is 2. The van der Waals surface area contributed by atoms with Gasteiger partial charge in [0.15, 0.2) is 0 Å². The number of likely N-dealkylation sites (tertiary alicyclic amines) is 1. The number of benzene rings is 1. The number of aromatic carboxylic acids is 1. The zero-order valence-electron chi connectivity index (χ0n) is 13.5. The van der Waals surface area contributed by atoms with Gasteiger partial charge in [0, 0.05) is 36.5 Å². The number of rotatable bonds is 5. The second-order valence-corrected chi connectivity index (χ2v) is 6.14. The summed E-state index contributed by atoms with van der Waals surface area (Å²) >= 11 is 0. The van der Waals surface area contributed by atoms with E-state index in [2.05, 4.69) is 14.9 Å². The molecule has 0 atom stereocenters. The zero-order chi connectivity index (χ0) is 17.2. The number of nitrogens with zero attached hydrogens (tertiary/aromatic N) is 3. The first kappa shape index (κ1) is 15.5. The molecule has 3 heterocycles. The standard InChI is InChI=1S/C19H17N3O3/c23-19(24)16-4-2-1-3-15(16)18-6-5-14(25-18)11-22-9-13(10-22)17-7-8-20-12-21-17/h1-8,12-13H,9-11H2,(H,23,24). The maximum atomic E-state index is 11.3. The van der Waals surface area contributed by atoms with E-state index in [0.717, 1.165) is 24.5 Å². The number of furan rings is 1. The van der Waals surface area contributed by atoms with Gasteiger partial charge in [-0.2, -0.15) is 0 Å². The van der Waals surface area contributed by atoms with Crippen molar-refractivity contribution in [3.05, 3.63) is 72.0 Å². The molecule has 0 bridgehead atoms. The second kappa shape index (κ2) is 6.49. The Bertz CT molecular complexity index is 886. The highest BCUT2D eigenvalue weighted by atomic mass is 16.4. The van der Waals surface area contributed by atoms with E-state index in [1.807, 2.05) is 24.3 Å². The minimum Gasteiger partial charge on any atom is -0.478 e. The lowest BCUT2D eigenvalue weighted by Gasteiger charge is -2.38. The number of carbonyl (C=O) groups is 1. The van der Waals surface area contributed by atoms with Gasteiger partial charge in [-0.15, -0.1) is 0 Å². The van der Waals surface area contributed by atoms with E-state index in [9.17, 15) is 9.90 Å². The van der Waals surface area contributed by atoms with E-state index in [1.165, 1.54) is 0 Å². The van der Waals surface area contributed by atoms with Gasteiger partial charge in [0.2, 0.25) is 0 Å². The number of carboxylic acids is 1. The monoisotopic (exact) mass is 335 g/mol. The smallest absolute Gasteiger partial charge is 0.336 e. The Labute approximate surface area is 144 Å². The van der Waals surface area contributed by atoms with Gasteiger partial charge in [0.05, 0.1) is 12.1 Å². The molecular weight excluding hydrogens is 318 g/mol. The fourth-order valence-corrected chi connectivity index (χ4v) is 3.14. The first-order valence-electron chi connectivity index (χ1n) is 8.10. The highest BCUT2D eigenvalue weighted by Gasteiger charge is 2.29. The fraction of sp³-hybridized carbons (Fsp3) is 0.211. The Morgan fingerprint density at radius 2 is 2.04 bits per heavy atom. The van der Waals surface area contributed by atoms with Crippen LogP contribution in [0.5, 0.6) is 0 Å². The Morgan fingerprint density at radius 1 is 1.20 bits per heavy atom. The van der Waals surface area contributed by atoms with Crippen LogP contribution in [0, 0.1) is 0 Å². The number of carboxylic acid groups (broad SMARTS) is 1. The maximum Gasteiger partial charge on any atom is 0.336 e. The van der Waals surface area contributed by atoms with Crippen LogP contribution in [-0.4, -0.2) is 39.0 Å². The number of hydrogen-bond acceptors (Lipinski definition) is 5. The summed E-state index contributed by atoms with van der Waals surface area (Å²) in [6, 6.07) is 12.6. The van der Waals surface area contributed by atoms with E-state index >= 15 is 0 Å². The second-order valence-electron chi connectivity index (χ2n) is 6.14. The summed E-state index contributed by atoms with van der Waals surface area (Å²) in [6.45, 7) is 2.56. The summed E-state index contributed by atoms with van der Waals surface area (Å²) in [7, 11) is 0. The third kappa shape index (κ3) is 3.16. The highest BCUT2D eigenvalue weighted by Crippen LogP contribution is 2.30. The lowest BCUT2D eigenvalue weighted by atomic mass is 9.96. The van der Waals surface area contributed by atoms with Crippen molar-refractivity contribution in [3.8, 4) is 11.3 Å². The average Bonchev–Trinajstić information content (AvgIpc) is 3.07. The SMILES string of the molecule is O=C(O)c1ccccc1-c1ccc(CN2CC(c3ccncn3)C2)o1. The van der Waals surface area contributed by atoms with Crippen LogP contribution in [0.4, 0.5) is 0 Å². The molecule has 25 heavy (non-hydrogen) atoms. The topological polar surface area (TPSA) is 79.5 Å². The van der Waals surface area contributed by atoms with E-state index in [4.69, 9.17) is 4.42 Å². The summed E-state index contributed by atoms with van der Waals surface area (Å²) in [5, 5.41) is 9.30. The van der Waals surface area contributed by atoms with Crippen LogP contribution in [-0.2, 0) is 6.54 Å². The van der Waals surface area contributed by atoms with Crippen LogP contribution in [0.1, 0.15) is 27.7 Å². The van der Waals surface area contributed by atoms with Crippen molar-refractivity contribution in [1.82, 2.24) is 14.9 Å². The van der Waals surface area contributed by atoms with Crippen molar-refractivity contribution in [2.75, 3.05) is 13.1 Å². The molecule has 1 aromatic carbocycles. The predicted molar refractivity (Wildman–Crippen MR) is 91.2 cm³/mol. The summed E-state index contributed by atoms with van der Waals surface area (Å²) < 4.78 is 5.88. The van der Waals surface area contributed by atoms with Crippen LogP contribution in [0.2, 0.25) is 0 Å². The van der Waals surface area contributed by atoms with Gasteiger partial charge in [-0.1, -0.05) is 18.2 Å². The van der Waals surface area contributed by atoms with Crippen LogP contribution in [0.15, 0.2) is 59.4 Å². The molecule has 1 aliphatic rings. The van der Waals surface area contributed by atoms with Crippen LogP contribution in [0.25, 0.3) is 11.3 Å². The molecule has 1 aliphatic heterocycles. The molecular formula is C19H17N3O3. The highest BCUT2D eigenvalue weighted by molar-refractivity contribution is 5.95. The molecule has 0 amide bonds. The molecule has 0 saturated carbocycles. The molecule has 3 aromatic rings. The van der Waals surface area contributed by atoms with Crippen molar-refractivity contribution in [3.63, 3.8) is 0 Å². The molecule has 1 N–H and O–H groups in total. The molecule has 4 rings (SSSR count). The fourth-order valence-electron chi connectivity index (χ4n) is 3.14. The minimum absolute atomic E-state index is 0.246. The molecule has 2 aromatic heterocycles. The van der Waals surface area contributed by atoms with Crippen LogP contribution >= 0.6 is 0 Å². The Kier molecular flexibility index (Phi) is 4.03. The van der Waals surface area contributed by atoms with Crippen LogP contribution in [0.3, 0.4) is 0 Å². The first-order valence-corrected chi connectivity index (χ1v) is 8.10. The molecule has 1 saturated heterocycles. The van der Waals surface area contributed by atoms with Crippen molar-refractivity contribution in [2.24, 2.45) is 0 Å². The molecule has 6 nitrogen and oxygen atoms in total. The Morgan fingerprint density at radius 3 is 2.80 bits per heavy atom. The summed E-state index contributed by atoms with van der Waals surface area (Å²) in [5.41, 5.74) is 1.92. The molecule has 1 fully saturated rings. The third-order valence-corrected chi connectivity index (χ3v) is 4.44. The van der Waals surface area contributed by atoms with Gasteiger partial charge in [-0.25, -0.2) is 14.8 Å². The molecule has 0 radical (unpaired) electrons. The van der Waals surface area contributed by atoms with Gasteiger partial charge < -0.3 is 9.52 Å². The van der Waals surface area contributed by atoms with Gasteiger partial charge >= 0.3 is 5.97 Å². The van der Waals surface area contributed by atoms with E-state index in [0.29, 0.717) is 23.8 Å². The molecule has 126 valence electrons. The summed E-state index contributed by atoms with van der Waals surface area (Å²) in [5.74, 6) is 0.895. The van der Waals surface area contributed by atoms with E-state index in [1.54, 1.807) is 30.7 Å². The van der Waals surface area contributed by atoms with E-state index in [-0.39, 0.29) is 5.56 Å². The Hall–Kier alpha value is -2.99. The average molecular weight is 335 g/mol. The predicted octanol–water partition coefficient (Wildman–Crippen LogP) is 3.03. The number of hydrogen-bond donors (Lipinski definition) is 1. The largest absolute Gasteiger partial charge is 0.478 e. The minimum atomic E-state index is -0.955. The Balaban J connectivity index is 1.43. The lowest BCUT2D eigenvalue weighted by Crippen LogP contribution is -2.44.